The monoisotopic (exact) mass is 278 g/mol. The fourth-order valence-electron chi connectivity index (χ4n) is 1.46. The number of carbonyl (C=O) groups excluding carboxylic acids is 1. The molecule has 94 valence electrons. The normalized spacial score (nSPS) is 12.1. The second kappa shape index (κ2) is 6.02. The zero-order valence-electron chi connectivity index (χ0n) is 10.2. The molecule has 0 fully saturated rings. The van der Waals surface area contributed by atoms with Crippen molar-refractivity contribution in [3.8, 4) is 11.3 Å². The topological polar surface area (TPSA) is 42.0 Å². The molecule has 18 heavy (non-hydrogen) atoms. The van der Waals surface area contributed by atoms with Gasteiger partial charge in [-0.05, 0) is 6.92 Å². The van der Waals surface area contributed by atoms with Crippen LogP contribution in [0.5, 0.6) is 0 Å². The zero-order valence-corrected chi connectivity index (χ0v) is 11.8. The first-order valence-corrected chi connectivity index (χ1v) is 7.36. The van der Waals surface area contributed by atoms with E-state index in [1.54, 1.807) is 18.4 Å². The van der Waals surface area contributed by atoms with E-state index in [2.05, 4.69) is 10.3 Å². The van der Waals surface area contributed by atoms with Gasteiger partial charge in [-0.3, -0.25) is 4.79 Å². The van der Waals surface area contributed by atoms with Crippen LogP contribution in [0.3, 0.4) is 0 Å². The fourth-order valence-corrected chi connectivity index (χ4v) is 3.49. The zero-order chi connectivity index (χ0) is 13.0. The van der Waals surface area contributed by atoms with E-state index in [-0.39, 0.29) is 11.2 Å². The SMILES string of the molecule is CNC(=O)[C@H](C)Sc1nc(-c2ccccc2)cs1. The van der Waals surface area contributed by atoms with E-state index in [0.29, 0.717) is 0 Å². The van der Waals surface area contributed by atoms with Gasteiger partial charge < -0.3 is 5.32 Å². The predicted octanol–water partition coefficient (Wildman–Crippen LogP) is 3.04. The highest BCUT2D eigenvalue weighted by atomic mass is 32.2. The molecule has 0 unspecified atom stereocenters. The summed E-state index contributed by atoms with van der Waals surface area (Å²) in [5.74, 6) is 0.0245. The molecule has 1 N–H and O–H groups in total. The fraction of sp³-hybridized carbons (Fsp3) is 0.231. The molecular weight excluding hydrogens is 264 g/mol. The Balaban J connectivity index is 2.09. The van der Waals surface area contributed by atoms with Crippen molar-refractivity contribution in [1.29, 1.82) is 0 Å². The molecule has 0 radical (unpaired) electrons. The van der Waals surface area contributed by atoms with Crippen molar-refractivity contribution >= 4 is 29.0 Å². The molecule has 0 aliphatic carbocycles. The van der Waals surface area contributed by atoms with Gasteiger partial charge in [0.1, 0.15) is 0 Å². The van der Waals surface area contributed by atoms with E-state index in [0.717, 1.165) is 15.6 Å². The van der Waals surface area contributed by atoms with E-state index >= 15 is 0 Å². The highest BCUT2D eigenvalue weighted by Gasteiger charge is 2.15. The number of amides is 1. The molecule has 0 saturated heterocycles. The van der Waals surface area contributed by atoms with Crippen molar-refractivity contribution in [2.45, 2.75) is 16.5 Å². The number of thiazole rings is 1. The number of benzene rings is 1. The molecule has 1 atom stereocenters. The smallest absolute Gasteiger partial charge is 0.233 e. The van der Waals surface area contributed by atoms with Crippen molar-refractivity contribution in [3.05, 3.63) is 35.7 Å². The minimum absolute atomic E-state index is 0.0245. The molecule has 0 aliphatic rings. The van der Waals surface area contributed by atoms with Crippen molar-refractivity contribution in [1.82, 2.24) is 10.3 Å². The predicted molar refractivity (Wildman–Crippen MR) is 76.9 cm³/mol. The van der Waals surface area contributed by atoms with E-state index < -0.39 is 0 Å². The summed E-state index contributed by atoms with van der Waals surface area (Å²) in [6.07, 6.45) is 0. The molecule has 0 spiro atoms. The van der Waals surface area contributed by atoms with Crippen LogP contribution in [-0.4, -0.2) is 23.2 Å². The summed E-state index contributed by atoms with van der Waals surface area (Å²) in [5, 5.41) is 4.54. The summed E-state index contributed by atoms with van der Waals surface area (Å²) < 4.78 is 0.921. The average Bonchev–Trinajstić information content (AvgIpc) is 2.87. The van der Waals surface area contributed by atoms with Crippen LogP contribution in [0.2, 0.25) is 0 Å². The van der Waals surface area contributed by atoms with Crippen molar-refractivity contribution in [2.75, 3.05) is 7.05 Å². The molecule has 2 aromatic rings. The van der Waals surface area contributed by atoms with Gasteiger partial charge >= 0.3 is 0 Å². The van der Waals surface area contributed by atoms with Crippen molar-refractivity contribution < 1.29 is 4.79 Å². The molecule has 0 saturated carbocycles. The lowest BCUT2D eigenvalue weighted by Crippen LogP contribution is -2.27. The lowest BCUT2D eigenvalue weighted by Gasteiger charge is -2.06. The van der Waals surface area contributed by atoms with Gasteiger partial charge in [-0.2, -0.15) is 0 Å². The summed E-state index contributed by atoms with van der Waals surface area (Å²) in [7, 11) is 1.65. The highest BCUT2D eigenvalue weighted by Crippen LogP contribution is 2.30. The largest absolute Gasteiger partial charge is 0.358 e. The van der Waals surface area contributed by atoms with Crippen LogP contribution < -0.4 is 5.32 Å². The number of nitrogens with one attached hydrogen (secondary N) is 1. The van der Waals surface area contributed by atoms with Gasteiger partial charge in [0.15, 0.2) is 4.34 Å². The van der Waals surface area contributed by atoms with Gasteiger partial charge in [0.25, 0.3) is 0 Å². The Morgan fingerprint density at radius 2 is 2.11 bits per heavy atom. The number of nitrogens with zero attached hydrogens (tertiary/aromatic N) is 1. The van der Waals surface area contributed by atoms with Gasteiger partial charge in [-0.15, -0.1) is 11.3 Å². The van der Waals surface area contributed by atoms with Crippen LogP contribution in [-0.2, 0) is 4.79 Å². The van der Waals surface area contributed by atoms with Crippen LogP contribution in [0.25, 0.3) is 11.3 Å². The van der Waals surface area contributed by atoms with E-state index in [1.807, 2.05) is 42.6 Å². The maximum Gasteiger partial charge on any atom is 0.233 e. The van der Waals surface area contributed by atoms with E-state index in [4.69, 9.17) is 0 Å². The molecule has 0 aliphatic heterocycles. The van der Waals surface area contributed by atoms with Crippen molar-refractivity contribution in [2.24, 2.45) is 0 Å². The number of thioether (sulfide) groups is 1. The Bertz CT molecular complexity index is 525. The molecule has 1 aromatic carbocycles. The third-order valence-electron chi connectivity index (χ3n) is 2.45. The Hall–Kier alpha value is -1.33. The lowest BCUT2D eigenvalue weighted by molar-refractivity contribution is -0.119. The highest BCUT2D eigenvalue weighted by molar-refractivity contribution is 8.02. The van der Waals surface area contributed by atoms with Crippen LogP contribution in [0.4, 0.5) is 0 Å². The summed E-state index contributed by atoms with van der Waals surface area (Å²) in [5.41, 5.74) is 2.07. The maximum absolute atomic E-state index is 11.4. The van der Waals surface area contributed by atoms with Crippen molar-refractivity contribution in [3.63, 3.8) is 0 Å². The van der Waals surface area contributed by atoms with Gasteiger partial charge in [-0.25, -0.2) is 4.98 Å². The Kier molecular flexibility index (Phi) is 4.38. The average molecular weight is 278 g/mol. The molecule has 2 rings (SSSR count). The van der Waals surface area contributed by atoms with Crippen LogP contribution in [0, 0.1) is 0 Å². The number of rotatable bonds is 4. The number of carbonyl (C=O) groups is 1. The Labute approximate surface area is 115 Å². The summed E-state index contributed by atoms with van der Waals surface area (Å²) in [4.78, 5) is 16.0. The molecule has 0 bridgehead atoms. The first-order valence-electron chi connectivity index (χ1n) is 5.60. The number of hydrogen-bond acceptors (Lipinski definition) is 4. The Morgan fingerprint density at radius 3 is 2.78 bits per heavy atom. The molecule has 1 aromatic heterocycles. The first-order chi connectivity index (χ1) is 8.70. The third kappa shape index (κ3) is 3.11. The summed E-state index contributed by atoms with van der Waals surface area (Å²) in [6, 6.07) is 10.0. The van der Waals surface area contributed by atoms with E-state index in [9.17, 15) is 4.79 Å². The van der Waals surface area contributed by atoms with Gasteiger partial charge in [-0.1, -0.05) is 42.1 Å². The molecule has 5 heteroatoms. The molecule has 1 heterocycles. The number of aromatic nitrogens is 1. The van der Waals surface area contributed by atoms with E-state index in [1.165, 1.54) is 11.8 Å². The molecule has 1 amide bonds. The molecule has 3 nitrogen and oxygen atoms in total. The molecular formula is C13H14N2OS2. The third-order valence-corrected chi connectivity index (χ3v) is 4.52. The maximum atomic E-state index is 11.4. The second-order valence-electron chi connectivity index (χ2n) is 3.74. The number of hydrogen-bond donors (Lipinski definition) is 1. The Morgan fingerprint density at radius 1 is 1.39 bits per heavy atom. The second-order valence-corrected chi connectivity index (χ2v) is 6.19. The minimum atomic E-state index is -0.121. The van der Waals surface area contributed by atoms with Crippen LogP contribution >= 0.6 is 23.1 Å². The van der Waals surface area contributed by atoms with Gasteiger partial charge in [0.2, 0.25) is 5.91 Å². The van der Waals surface area contributed by atoms with Gasteiger partial charge in [0.05, 0.1) is 10.9 Å². The lowest BCUT2D eigenvalue weighted by atomic mass is 10.2. The summed E-state index contributed by atoms with van der Waals surface area (Å²) >= 11 is 3.06. The standard InChI is InChI=1S/C13H14N2OS2/c1-9(12(16)14-2)18-13-15-11(8-17-13)10-6-4-3-5-7-10/h3-9H,1-2H3,(H,14,16)/t9-/m0/s1. The van der Waals surface area contributed by atoms with Crippen LogP contribution in [0.1, 0.15) is 6.92 Å². The van der Waals surface area contributed by atoms with Gasteiger partial charge in [0, 0.05) is 18.0 Å². The quantitative estimate of drug-likeness (QED) is 0.874. The van der Waals surface area contributed by atoms with Crippen LogP contribution in [0.15, 0.2) is 40.1 Å². The minimum Gasteiger partial charge on any atom is -0.358 e. The summed E-state index contributed by atoms with van der Waals surface area (Å²) in [6.45, 7) is 1.88. The first kappa shape index (κ1) is 13.1.